The van der Waals surface area contributed by atoms with Crippen molar-refractivity contribution >= 4 is 15.5 Å². The van der Waals surface area contributed by atoms with E-state index < -0.39 is 27.5 Å². The van der Waals surface area contributed by atoms with Crippen LogP contribution in [0.2, 0.25) is 0 Å². The van der Waals surface area contributed by atoms with Gasteiger partial charge in [0.15, 0.2) is 0 Å². The number of aryl methyl sites for hydroxylation is 1. The van der Waals surface area contributed by atoms with Crippen molar-refractivity contribution in [2.45, 2.75) is 19.4 Å². The summed E-state index contributed by atoms with van der Waals surface area (Å²) in [7, 11) is -2.99. The summed E-state index contributed by atoms with van der Waals surface area (Å²) in [6.07, 6.45) is 1.66. The zero-order valence-electron chi connectivity index (χ0n) is 13.0. The van der Waals surface area contributed by atoms with E-state index >= 15 is 0 Å². The van der Waals surface area contributed by atoms with E-state index in [2.05, 4.69) is 5.32 Å². The molecule has 0 aliphatic heterocycles. The van der Waals surface area contributed by atoms with E-state index in [-0.39, 0.29) is 11.3 Å². The van der Waals surface area contributed by atoms with E-state index in [1.54, 1.807) is 19.1 Å². The fourth-order valence-electron chi connectivity index (χ4n) is 2.25. The van der Waals surface area contributed by atoms with Crippen LogP contribution in [0, 0.1) is 11.6 Å². The van der Waals surface area contributed by atoms with Gasteiger partial charge in [-0.2, -0.15) is 0 Å². The van der Waals surface area contributed by atoms with Gasteiger partial charge in [-0.1, -0.05) is 12.1 Å². The van der Waals surface area contributed by atoms with Crippen LogP contribution in [0.15, 0.2) is 42.5 Å². The second-order valence-corrected chi connectivity index (χ2v) is 7.87. The molecule has 0 heterocycles. The zero-order chi connectivity index (χ0) is 17.0. The third-order valence-electron chi connectivity index (χ3n) is 3.52. The second kappa shape index (κ2) is 7.08. The van der Waals surface area contributed by atoms with Crippen LogP contribution >= 0.6 is 0 Å². The molecule has 0 saturated carbocycles. The molecule has 3 nitrogen and oxygen atoms in total. The van der Waals surface area contributed by atoms with E-state index in [1.165, 1.54) is 12.3 Å². The van der Waals surface area contributed by atoms with Crippen LogP contribution in [-0.4, -0.2) is 20.4 Å². The summed E-state index contributed by atoms with van der Waals surface area (Å²) in [5.74, 6) is -0.840. The number of hydrogen-bond acceptors (Lipinski definition) is 3. The minimum Gasteiger partial charge on any atom is -0.378 e. The molecule has 23 heavy (non-hydrogen) atoms. The first-order chi connectivity index (χ1) is 10.7. The molecule has 2 aromatic carbocycles. The van der Waals surface area contributed by atoms with Gasteiger partial charge in [-0.15, -0.1) is 0 Å². The molecule has 0 aromatic heterocycles. The van der Waals surface area contributed by atoms with Crippen molar-refractivity contribution in [2.75, 3.05) is 17.3 Å². The number of rotatable bonds is 6. The Morgan fingerprint density at radius 3 is 2.35 bits per heavy atom. The standard InChI is InChI=1S/C17H19F2NO2S/c1-12(16-11-14(18)5-8-17(16)19)20-15-6-3-13(4-7-15)9-10-23(2,21)22/h3-8,11-12,20H,9-10H2,1-2H3. The minimum atomic E-state index is -2.99. The molecule has 0 amide bonds. The van der Waals surface area contributed by atoms with Gasteiger partial charge in [0, 0.05) is 17.5 Å². The zero-order valence-corrected chi connectivity index (χ0v) is 13.8. The predicted molar refractivity (Wildman–Crippen MR) is 88.3 cm³/mol. The first kappa shape index (κ1) is 17.4. The number of sulfone groups is 1. The van der Waals surface area contributed by atoms with Gasteiger partial charge in [0.1, 0.15) is 21.5 Å². The van der Waals surface area contributed by atoms with E-state index in [9.17, 15) is 17.2 Å². The molecule has 0 saturated heterocycles. The maximum absolute atomic E-state index is 13.7. The fraction of sp³-hybridized carbons (Fsp3) is 0.294. The van der Waals surface area contributed by atoms with Crippen LogP contribution in [0.5, 0.6) is 0 Å². The molecule has 0 aliphatic carbocycles. The number of halogens is 2. The first-order valence-corrected chi connectivity index (χ1v) is 9.29. The molecule has 6 heteroatoms. The van der Waals surface area contributed by atoms with Crippen molar-refractivity contribution in [2.24, 2.45) is 0 Å². The Balaban J connectivity index is 2.04. The topological polar surface area (TPSA) is 46.2 Å². The second-order valence-electron chi connectivity index (χ2n) is 5.61. The number of anilines is 1. The Morgan fingerprint density at radius 1 is 1.09 bits per heavy atom. The molecule has 1 N–H and O–H groups in total. The van der Waals surface area contributed by atoms with Gasteiger partial charge in [0.05, 0.1) is 11.8 Å². The minimum absolute atomic E-state index is 0.102. The summed E-state index contributed by atoms with van der Waals surface area (Å²) in [5.41, 5.74) is 1.92. The van der Waals surface area contributed by atoms with E-state index in [1.807, 2.05) is 12.1 Å². The van der Waals surface area contributed by atoms with Gasteiger partial charge in [0.25, 0.3) is 0 Å². The van der Waals surface area contributed by atoms with Gasteiger partial charge in [-0.3, -0.25) is 0 Å². The lowest BCUT2D eigenvalue weighted by atomic mass is 10.1. The lowest BCUT2D eigenvalue weighted by Crippen LogP contribution is -2.09. The Hall–Kier alpha value is -1.95. The molecular weight excluding hydrogens is 320 g/mol. The Kier molecular flexibility index (Phi) is 5.36. The smallest absolute Gasteiger partial charge is 0.147 e. The van der Waals surface area contributed by atoms with Crippen LogP contribution in [0.4, 0.5) is 14.5 Å². The SMILES string of the molecule is CC(Nc1ccc(CCS(C)(=O)=O)cc1)c1cc(F)ccc1F. The van der Waals surface area contributed by atoms with Gasteiger partial charge in [-0.25, -0.2) is 17.2 Å². The van der Waals surface area contributed by atoms with Crippen molar-refractivity contribution in [3.63, 3.8) is 0 Å². The summed E-state index contributed by atoms with van der Waals surface area (Å²) in [5, 5.41) is 3.10. The van der Waals surface area contributed by atoms with E-state index in [0.717, 1.165) is 23.4 Å². The molecule has 0 bridgehead atoms. The molecule has 0 fully saturated rings. The van der Waals surface area contributed by atoms with Crippen LogP contribution in [0.1, 0.15) is 24.1 Å². The quantitative estimate of drug-likeness (QED) is 0.872. The number of nitrogens with one attached hydrogen (secondary N) is 1. The highest BCUT2D eigenvalue weighted by Crippen LogP contribution is 2.23. The Bertz CT molecular complexity index is 774. The molecule has 124 valence electrons. The lowest BCUT2D eigenvalue weighted by Gasteiger charge is -2.17. The van der Waals surface area contributed by atoms with Gasteiger partial charge >= 0.3 is 0 Å². The molecule has 1 unspecified atom stereocenters. The molecule has 0 aliphatic rings. The summed E-state index contributed by atoms with van der Waals surface area (Å²) in [4.78, 5) is 0. The molecule has 2 aromatic rings. The van der Waals surface area contributed by atoms with Gasteiger partial charge in [0.2, 0.25) is 0 Å². The third-order valence-corrected chi connectivity index (χ3v) is 4.47. The van der Waals surface area contributed by atoms with Crippen molar-refractivity contribution in [3.8, 4) is 0 Å². The predicted octanol–water partition coefficient (Wildman–Crippen LogP) is 3.73. The van der Waals surface area contributed by atoms with Gasteiger partial charge < -0.3 is 5.32 Å². The normalized spacial score (nSPS) is 12.9. The largest absolute Gasteiger partial charge is 0.378 e. The monoisotopic (exact) mass is 339 g/mol. The van der Waals surface area contributed by atoms with Crippen LogP contribution < -0.4 is 5.32 Å². The highest BCUT2D eigenvalue weighted by atomic mass is 32.2. The third kappa shape index (κ3) is 5.32. The Labute approximate surface area is 135 Å². The number of benzene rings is 2. The first-order valence-electron chi connectivity index (χ1n) is 7.23. The summed E-state index contributed by atoms with van der Waals surface area (Å²) < 4.78 is 49.3. The molecule has 2 rings (SSSR count). The molecular formula is C17H19F2NO2S. The van der Waals surface area contributed by atoms with Gasteiger partial charge in [-0.05, 0) is 49.2 Å². The molecule has 1 atom stereocenters. The highest BCUT2D eigenvalue weighted by molar-refractivity contribution is 7.90. The van der Waals surface area contributed by atoms with E-state index in [4.69, 9.17) is 0 Å². The fourth-order valence-corrected chi connectivity index (χ4v) is 2.85. The maximum atomic E-state index is 13.7. The maximum Gasteiger partial charge on any atom is 0.147 e. The average molecular weight is 339 g/mol. The van der Waals surface area contributed by atoms with Crippen molar-refractivity contribution < 1.29 is 17.2 Å². The average Bonchev–Trinajstić information content (AvgIpc) is 2.48. The van der Waals surface area contributed by atoms with Crippen LogP contribution in [0.3, 0.4) is 0 Å². The van der Waals surface area contributed by atoms with Crippen molar-refractivity contribution in [1.82, 2.24) is 0 Å². The van der Waals surface area contributed by atoms with Crippen LogP contribution in [-0.2, 0) is 16.3 Å². The van der Waals surface area contributed by atoms with Crippen molar-refractivity contribution in [1.29, 1.82) is 0 Å². The summed E-state index contributed by atoms with van der Waals surface area (Å²) >= 11 is 0. The Morgan fingerprint density at radius 2 is 1.74 bits per heavy atom. The highest BCUT2D eigenvalue weighted by Gasteiger charge is 2.12. The van der Waals surface area contributed by atoms with Crippen molar-refractivity contribution in [3.05, 3.63) is 65.2 Å². The van der Waals surface area contributed by atoms with E-state index in [0.29, 0.717) is 6.42 Å². The number of hydrogen-bond donors (Lipinski definition) is 1. The molecule has 0 radical (unpaired) electrons. The molecule has 0 spiro atoms. The summed E-state index contributed by atoms with van der Waals surface area (Å²) in [6, 6.07) is 10.2. The van der Waals surface area contributed by atoms with Crippen LogP contribution in [0.25, 0.3) is 0 Å². The summed E-state index contributed by atoms with van der Waals surface area (Å²) in [6.45, 7) is 1.75. The lowest BCUT2D eigenvalue weighted by molar-refractivity contribution is 0.577.